The first-order chi connectivity index (χ1) is 17.4. The summed E-state index contributed by atoms with van der Waals surface area (Å²) in [6.07, 6.45) is 6.09. The first-order valence-corrected chi connectivity index (χ1v) is 13.3. The molecule has 3 aromatic rings. The quantitative estimate of drug-likeness (QED) is 0.370. The van der Waals surface area contributed by atoms with Crippen molar-refractivity contribution in [3.63, 3.8) is 0 Å². The molecule has 190 valence electrons. The van der Waals surface area contributed by atoms with E-state index in [4.69, 9.17) is 28.2 Å². The van der Waals surface area contributed by atoms with Crippen LogP contribution in [-0.4, -0.2) is 64.5 Å². The third-order valence-electron chi connectivity index (χ3n) is 7.33. The van der Waals surface area contributed by atoms with Gasteiger partial charge in [-0.2, -0.15) is 0 Å². The number of aromatic nitrogens is 2. The van der Waals surface area contributed by atoms with E-state index in [2.05, 4.69) is 20.5 Å². The lowest BCUT2D eigenvalue weighted by atomic mass is 9.85. The fraction of sp³-hybridized carbons (Fsp3) is 0.444. The summed E-state index contributed by atoms with van der Waals surface area (Å²) in [4.78, 5) is 24.5. The Bertz CT molecular complexity index is 1250. The van der Waals surface area contributed by atoms with Gasteiger partial charge >= 0.3 is 0 Å². The van der Waals surface area contributed by atoms with Gasteiger partial charge in [0, 0.05) is 50.5 Å². The maximum atomic E-state index is 12.5. The Morgan fingerprint density at radius 2 is 1.83 bits per heavy atom. The predicted molar refractivity (Wildman–Crippen MR) is 145 cm³/mol. The van der Waals surface area contributed by atoms with E-state index in [0.717, 1.165) is 50.6 Å². The largest absolute Gasteiger partial charge is 0.505 e. The molecule has 9 heteroatoms. The number of phenols is 1. The molecule has 5 rings (SSSR count). The van der Waals surface area contributed by atoms with Crippen LogP contribution in [0.25, 0.3) is 22.3 Å². The topological polar surface area (TPSA) is 90.4 Å². The summed E-state index contributed by atoms with van der Waals surface area (Å²) >= 11 is 12.3. The molecule has 0 spiro atoms. The molecule has 0 bridgehead atoms. The second kappa shape index (κ2) is 10.9. The van der Waals surface area contributed by atoms with E-state index in [0.29, 0.717) is 27.9 Å². The molecule has 1 aromatic carbocycles. The molecule has 36 heavy (non-hydrogen) atoms. The number of hydrogen-bond donors (Lipinski definition) is 3. The fourth-order valence-electron chi connectivity index (χ4n) is 5.31. The first-order valence-electron chi connectivity index (χ1n) is 12.6. The van der Waals surface area contributed by atoms with Crippen LogP contribution in [0.1, 0.15) is 43.0 Å². The molecule has 0 unspecified atom stereocenters. The number of Topliss-reactive ketones (excluding diaryl/α,β-unsaturated/α-hetero) is 1. The second-order valence-corrected chi connectivity index (χ2v) is 10.7. The SMILES string of the molecule is CC(=O)c1cnc2ccc(-c3cc(Cl)c(O)c(Cl)c3)nc2c1N[C@H]1CC[C@H](CN2CCNCC2)CC1. The van der Waals surface area contributed by atoms with Crippen molar-refractivity contribution in [3.8, 4) is 17.0 Å². The summed E-state index contributed by atoms with van der Waals surface area (Å²) in [5.41, 5.74) is 3.93. The highest BCUT2D eigenvalue weighted by molar-refractivity contribution is 6.37. The van der Waals surface area contributed by atoms with Crippen LogP contribution in [0.15, 0.2) is 30.5 Å². The molecule has 2 aliphatic rings. The van der Waals surface area contributed by atoms with Crippen LogP contribution in [0.4, 0.5) is 5.69 Å². The van der Waals surface area contributed by atoms with E-state index >= 15 is 0 Å². The van der Waals surface area contributed by atoms with Crippen molar-refractivity contribution in [1.29, 1.82) is 0 Å². The third kappa shape index (κ3) is 5.44. The molecule has 0 atom stereocenters. The first kappa shape index (κ1) is 25.2. The fourth-order valence-corrected chi connectivity index (χ4v) is 5.79. The summed E-state index contributed by atoms with van der Waals surface area (Å²) < 4.78 is 0. The molecule has 2 fully saturated rings. The van der Waals surface area contributed by atoms with Crippen LogP contribution in [0.5, 0.6) is 5.75 Å². The number of ketones is 1. The number of anilines is 1. The average Bonchev–Trinajstić information content (AvgIpc) is 2.88. The van der Waals surface area contributed by atoms with Gasteiger partial charge < -0.3 is 20.6 Å². The van der Waals surface area contributed by atoms with E-state index in [-0.39, 0.29) is 27.6 Å². The number of pyridine rings is 2. The van der Waals surface area contributed by atoms with Gasteiger partial charge in [-0.1, -0.05) is 23.2 Å². The standard InChI is InChI=1S/C27H31Cl2N5O2/c1-16(35)20-14-31-24-7-6-23(18-12-21(28)27(36)22(29)13-18)33-26(24)25(20)32-19-4-2-17(3-5-19)15-34-10-8-30-9-11-34/h6-7,12-14,17,19,30,36H,2-5,8-11,15H2,1H3,(H,31,32)/t17-,19-. The lowest BCUT2D eigenvalue weighted by Gasteiger charge is -2.35. The van der Waals surface area contributed by atoms with E-state index in [9.17, 15) is 9.90 Å². The molecule has 0 amide bonds. The number of fused-ring (bicyclic) bond motifs is 1. The average molecular weight is 528 g/mol. The normalized spacial score (nSPS) is 21.0. The molecule has 7 nitrogen and oxygen atoms in total. The number of carbonyl (C=O) groups is 1. The minimum atomic E-state index is -0.154. The zero-order valence-corrected chi connectivity index (χ0v) is 21.9. The molecular weight excluding hydrogens is 497 g/mol. The van der Waals surface area contributed by atoms with Gasteiger partial charge in [0.05, 0.1) is 32.5 Å². The Labute approximate surface area is 221 Å². The van der Waals surface area contributed by atoms with Crippen LogP contribution in [-0.2, 0) is 0 Å². The number of benzene rings is 1. The minimum absolute atomic E-state index is 0.0535. The highest BCUT2D eigenvalue weighted by atomic mass is 35.5. The van der Waals surface area contributed by atoms with E-state index < -0.39 is 0 Å². The molecule has 2 aromatic heterocycles. The number of halogens is 2. The second-order valence-electron chi connectivity index (χ2n) is 9.87. The molecule has 1 saturated carbocycles. The van der Waals surface area contributed by atoms with E-state index in [1.807, 2.05) is 12.1 Å². The van der Waals surface area contributed by atoms with Gasteiger partial charge in [-0.25, -0.2) is 4.98 Å². The number of piperazine rings is 1. The van der Waals surface area contributed by atoms with Gasteiger partial charge in [-0.05, 0) is 62.8 Å². The highest BCUT2D eigenvalue weighted by Gasteiger charge is 2.25. The Balaban J connectivity index is 1.40. The maximum absolute atomic E-state index is 12.5. The Morgan fingerprint density at radius 1 is 1.14 bits per heavy atom. The van der Waals surface area contributed by atoms with Gasteiger partial charge in [0.2, 0.25) is 0 Å². The summed E-state index contributed by atoms with van der Waals surface area (Å²) in [7, 11) is 0. The molecule has 3 heterocycles. The van der Waals surface area contributed by atoms with Crippen LogP contribution in [0, 0.1) is 5.92 Å². The van der Waals surface area contributed by atoms with Crippen molar-refractivity contribution in [1.82, 2.24) is 20.2 Å². The van der Waals surface area contributed by atoms with Crippen LogP contribution >= 0.6 is 23.2 Å². The number of hydrogen-bond acceptors (Lipinski definition) is 7. The predicted octanol–water partition coefficient (Wildman–Crippen LogP) is 5.39. The number of carbonyl (C=O) groups excluding carboxylic acids is 1. The minimum Gasteiger partial charge on any atom is -0.505 e. The van der Waals surface area contributed by atoms with Crippen molar-refractivity contribution in [2.75, 3.05) is 38.0 Å². The van der Waals surface area contributed by atoms with E-state index in [1.54, 1.807) is 25.3 Å². The van der Waals surface area contributed by atoms with Crippen molar-refractivity contribution in [2.24, 2.45) is 5.92 Å². The highest BCUT2D eigenvalue weighted by Crippen LogP contribution is 2.37. The molecule has 1 aliphatic heterocycles. The van der Waals surface area contributed by atoms with Gasteiger partial charge in [-0.3, -0.25) is 9.78 Å². The van der Waals surface area contributed by atoms with Crippen LogP contribution in [0.3, 0.4) is 0 Å². The summed E-state index contributed by atoms with van der Waals surface area (Å²) in [6.45, 7) is 7.16. The lowest BCUT2D eigenvalue weighted by Crippen LogP contribution is -2.45. The third-order valence-corrected chi connectivity index (χ3v) is 7.90. The van der Waals surface area contributed by atoms with Gasteiger partial charge in [-0.15, -0.1) is 0 Å². The number of rotatable bonds is 6. The maximum Gasteiger partial charge on any atom is 0.163 e. The lowest BCUT2D eigenvalue weighted by molar-refractivity contribution is 0.101. The van der Waals surface area contributed by atoms with Crippen molar-refractivity contribution in [3.05, 3.63) is 46.1 Å². The van der Waals surface area contributed by atoms with Gasteiger partial charge in [0.25, 0.3) is 0 Å². The smallest absolute Gasteiger partial charge is 0.163 e. The van der Waals surface area contributed by atoms with Crippen LogP contribution in [0.2, 0.25) is 10.0 Å². The monoisotopic (exact) mass is 527 g/mol. The van der Waals surface area contributed by atoms with Crippen molar-refractivity contribution >= 4 is 45.7 Å². The van der Waals surface area contributed by atoms with Gasteiger partial charge in [0.15, 0.2) is 11.5 Å². The molecule has 1 aliphatic carbocycles. The van der Waals surface area contributed by atoms with Gasteiger partial charge in [0.1, 0.15) is 5.52 Å². The number of nitrogens with one attached hydrogen (secondary N) is 2. The molecule has 3 N–H and O–H groups in total. The number of nitrogens with zero attached hydrogens (tertiary/aromatic N) is 3. The summed E-state index contributed by atoms with van der Waals surface area (Å²) in [5, 5.41) is 17.3. The van der Waals surface area contributed by atoms with Crippen molar-refractivity contribution in [2.45, 2.75) is 38.6 Å². The number of aromatic hydroxyl groups is 1. The van der Waals surface area contributed by atoms with Crippen molar-refractivity contribution < 1.29 is 9.90 Å². The molecule has 1 saturated heterocycles. The molecular formula is C27H31Cl2N5O2. The number of phenolic OH excluding ortho intramolecular Hbond substituents is 1. The summed E-state index contributed by atoms with van der Waals surface area (Å²) in [6, 6.07) is 7.26. The Morgan fingerprint density at radius 3 is 2.50 bits per heavy atom. The molecule has 0 radical (unpaired) electrons. The zero-order chi connectivity index (χ0) is 25.2. The Hall–Kier alpha value is -2.45. The Kier molecular flexibility index (Phi) is 7.62. The van der Waals surface area contributed by atoms with E-state index in [1.165, 1.54) is 19.4 Å². The van der Waals surface area contributed by atoms with Crippen LogP contribution < -0.4 is 10.6 Å². The zero-order valence-electron chi connectivity index (χ0n) is 20.4. The summed E-state index contributed by atoms with van der Waals surface area (Å²) in [5.74, 6) is 0.511.